The van der Waals surface area contributed by atoms with Gasteiger partial charge in [0.1, 0.15) is 5.69 Å². The lowest BCUT2D eigenvalue weighted by molar-refractivity contribution is -0.384. The first-order valence-corrected chi connectivity index (χ1v) is 11.3. The summed E-state index contributed by atoms with van der Waals surface area (Å²) in [6.07, 6.45) is 0. The quantitative estimate of drug-likeness (QED) is 0.299. The Kier molecular flexibility index (Phi) is 6.98. The van der Waals surface area contributed by atoms with E-state index in [1.807, 2.05) is 23.6 Å². The van der Waals surface area contributed by atoms with E-state index in [1.165, 1.54) is 23.4 Å². The van der Waals surface area contributed by atoms with Crippen LogP contribution in [-0.2, 0) is 16.8 Å². The Balaban J connectivity index is 1.72. The monoisotopic (exact) mass is 453 g/mol. The molecule has 0 saturated carbocycles. The summed E-state index contributed by atoms with van der Waals surface area (Å²) >= 11 is 1.25. The molecule has 0 aliphatic rings. The third-order valence-electron chi connectivity index (χ3n) is 5.00. The average molecular weight is 454 g/mol. The number of nitro groups is 1. The maximum atomic E-state index is 12.4. The van der Waals surface area contributed by atoms with Gasteiger partial charge in [0.2, 0.25) is 5.91 Å². The SMILES string of the molecule is CCn1c(SCC(=O)Nc2ccc(C)cc2[N+](=O)[O-])nnc1-c1ccc(C(C)(C)C)cc1. The van der Waals surface area contributed by atoms with Gasteiger partial charge in [0.25, 0.3) is 5.69 Å². The minimum atomic E-state index is -0.499. The van der Waals surface area contributed by atoms with Gasteiger partial charge in [0.15, 0.2) is 11.0 Å². The predicted octanol–water partition coefficient (Wildman–Crippen LogP) is 5.21. The summed E-state index contributed by atoms with van der Waals surface area (Å²) in [6, 6.07) is 13.0. The summed E-state index contributed by atoms with van der Waals surface area (Å²) in [5.74, 6) is 0.459. The van der Waals surface area contributed by atoms with Crippen LogP contribution in [0.3, 0.4) is 0 Å². The zero-order valence-corrected chi connectivity index (χ0v) is 19.7. The lowest BCUT2D eigenvalue weighted by Crippen LogP contribution is -2.15. The Morgan fingerprint density at radius 1 is 1.16 bits per heavy atom. The van der Waals surface area contributed by atoms with Gasteiger partial charge in [-0.3, -0.25) is 14.9 Å². The minimum absolute atomic E-state index is 0.0616. The Hall–Kier alpha value is -3.20. The highest BCUT2D eigenvalue weighted by Crippen LogP contribution is 2.29. The van der Waals surface area contributed by atoms with Gasteiger partial charge in [-0.05, 0) is 36.5 Å². The fraction of sp³-hybridized carbons (Fsp3) is 0.348. The summed E-state index contributed by atoms with van der Waals surface area (Å²) in [4.78, 5) is 23.2. The topological polar surface area (TPSA) is 103 Å². The summed E-state index contributed by atoms with van der Waals surface area (Å²) in [6.45, 7) is 10.9. The van der Waals surface area contributed by atoms with Crippen LogP contribution in [0.2, 0.25) is 0 Å². The summed E-state index contributed by atoms with van der Waals surface area (Å²) in [5.41, 5.74) is 3.07. The molecule has 0 aliphatic carbocycles. The molecule has 0 unspecified atom stereocenters. The summed E-state index contributed by atoms with van der Waals surface area (Å²) in [7, 11) is 0. The third kappa shape index (κ3) is 5.34. The predicted molar refractivity (Wildman–Crippen MR) is 127 cm³/mol. The van der Waals surface area contributed by atoms with Crippen molar-refractivity contribution in [1.29, 1.82) is 0 Å². The van der Waals surface area contributed by atoms with E-state index in [4.69, 9.17) is 0 Å². The molecule has 9 heteroatoms. The number of thioether (sulfide) groups is 1. The highest BCUT2D eigenvalue weighted by molar-refractivity contribution is 7.99. The molecule has 3 aromatic rings. The first-order chi connectivity index (χ1) is 15.1. The molecule has 0 fully saturated rings. The smallest absolute Gasteiger partial charge is 0.293 e. The number of nitro benzene ring substituents is 1. The molecule has 0 atom stereocenters. The lowest BCUT2D eigenvalue weighted by atomic mass is 9.87. The van der Waals surface area contributed by atoms with Crippen LogP contribution in [0.4, 0.5) is 11.4 Å². The number of hydrogen-bond acceptors (Lipinski definition) is 6. The molecule has 1 aromatic heterocycles. The van der Waals surface area contributed by atoms with Gasteiger partial charge in [-0.25, -0.2) is 0 Å². The van der Waals surface area contributed by atoms with Crippen LogP contribution in [0, 0.1) is 17.0 Å². The van der Waals surface area contributed by atoms with E-state index in [9.17, 15) is 14.9 Å². The standard InChI is InChI=1S/C23H27N5O3S/c1-6-27-21(16-8-10-17(11-9-16)23(3,4)5)25-26-22(27)32-14-20(29)24-18-12-7-15(2)13-19(18)28(30)31/h7-13H,6,14H2,1-5H3,(H,24,29). The zero-order chi connectivity index (χ0) is 23.5. The van der Waals surface area contributed by atoms with Crippen molar-refractivity contribution in [3.63, 3.8) is 0 Å². The highest BCUT2D eigenvalue weighted by Gasteiger charge is 2.19. The first-order valence-electron chi connectivity index (χ1n) is 10.3. The molecule has 168 valence electrons. The second kappa shape index (κ2) is 9.52. The fourth-order valence-electron chi connectivity index (χ4n) is 3.23. The molecular weight excluding hydrogens is 426 g/mol. The van der Waals surface area contributed by atoms with Crippen LogP contribution >= 0.6 is 11.8 Å². The third-order valence-corrected chi connectivity index (χ3v) is 5.97. The van der Waals surface area contributed by atoms with Crippen molar-refractivity contribution in [2.75, 3.05) is 11.1 Å². The number of amides is 1. The number of aromatic nitrogens is 3. The Morgan fingerprint density at radius 3 is 2.44 bits per heavy atom. The largest absolute Gasteiger partial charge is 0.320 e. The molecule has 0 aliphatic heterocycles. The molecule has 8 nitrogen and oxygen atoms in total. The van der Waals surface area contributed by atoms with Crippen molar-refractivity contribution < 1.29 is 9.72 Å². The Labute approximate surface area is 191 Å². The fourth-order valence-corrected chi connectivity index (χ4v) is 4.03. The number of hydrogen-bond donors (Lipinski definition) is 1. The van der Waals surface area contributed by atoms with Crippen LogP contribution in [0.25, 0.3) is 11.4 Å². The minimum Gasteiger partial charge on any atom is -0.320 e. The van der Waals surface area contributed by atoms with Gasteiger partial charge >= 0.3 is 0 Å². The van der Waals surface area contributed by atoms with E-state index in [-0.39, 0.29) is 28.4 Å². The summed E-state index contributed by atoms with van der Waals surface area (Å²) < 4.78 is 1.96. The van der Waals surface area contributed by atoms with E-state index < -0.39 is 4.92 Å². The highest BCUT2D eigenvalue weighted by atomic mass is 32.2. The molecule has 1 N–H and O–H groups in total. The van der Waals surface area contributed by atoms with Gasteiger partial charge < -0.3 is 9.88 Å². The van der Waals surface area contributed by atoms with Crippen molar-refractivity contribution in [3.05, 3.63) is 63.7 Å². The van der Waals surface area contributed by atoms with Crippen LogP contribution in [0.15, 0.2) is 47.6 Å². The lowest BCUT2D eigenvalue weighted by Gasteiger charge is -2.19. The number of anilines is 1. The van der Waals surface area contributed by atoms with Crippen molar-refractivity contribution in [3.8, 4) is 11.4 Å². The van der Waals surface area contributed by atoms with Crippen LogP contribution < -0.4 is 5.32 Å². The van der Waals surface area contributed by atoms with Gasteiger partial charge in [-0.2, -0.15) is 0 Å². The second-order valence-electron chi connectivity index (χ2n) is 8.49. The number of nitrogens with zero attached hydrogens (tertiary/aromatic N) is 4. The van der Waals surface area contributed by atoms with Crippen molar-refractivity contribution in [2.24, 2.45) is 0 Å². The molecule has 0 bridgehead atoms. The number of benzene rings is 2. The number of rotatable bonds is 7. The van der Waals surface area contributed by atoms with Gasteiger partial charge in [0.05, 0.1) is 10.7 Å². The Morgan fingerprint density at radius 2 is 1.84 bits per heavy atom. The van der Waals surface area contributed by atoms with Gasteiger partial charge in [-0.1, -0.05) is 62.9 Å². The van der Waals surface area contributed by atoms with E-state index in [2.05, 4.69) is 48.4 Å². The number of aryl methyl sites for hydroxylation is 1. The first kappa shape index (κ1) is 23.5. The van der Waals surface area contributed by atoms with E-state index in [1.54, 1.807) is 19.1 Å². The number of carbonyl (C=O) groups is 1. The molecule has 2 aromatic carbocycles. The second-order valence-corrected chi connectivity index (χ2v) is 9.43. The van der Waals surface area contributed by atoms with Crippen LogP contribution in [-0.4, -0.2) is 31.3 Å². The molecular formula is C23H27N5O3S. The Bertz CT molecular complexity index is 1130. The van der Waals surface area contributed by atoms with Gasteiger partial charge in [-0.15, -0.1) is 10.2 Å². The van der Waals surface area contributed by atoms with E-state index in [0.717, 1.165) is 17.0 Å². The molecule has 3 rings (SSSR count). The molecule has 1 amide bonds. The van der Waals surface area contributed by atoms with E-state index in [0.29, 0.717) is 11.7 Å². The van der Waals surface area contributed by atoms with Crippen LogP contribution in [0.5, 0.6) is 0 Å². The van der Waals surface area contributed by atoms with Crippen molar-refractivity contribution in [1.82, 2.24) is 14.8 Å². The molecule has 0 radical (unpaired) electrons. The van der Waals surface area contributed by atoms with Crippen LogP contribution in [0.1, 0.15) is 38.8 Å². The molecule has 0 saturated heterocycles. The normalized spacial score (nSPS) is 11.4. The maximum Gasteiger partial charge on any atom is 0.293 e. The van der Waals surface area contributed by atoms with Gasteiger partial charge in [0, 0.05) is 18.2 Å². The van der Waals surface area contributed by atoms with E-state index >= 15 is 0 Å². The summed E-state index contributed by atoms with van der Waals surface area (Å²) in [5, 5.41) is 23.1. The molecule has 1 heterocycles. The zero-order valence-electron chi connectivity index (χ0n) is 18.9. The number of carbonyl (C=O) groups excluding carboxylic acids is 1. The average Bonchev–Trinajstić information content (AvgIpc) is 3.15. The molecule has 32 heavy (non-hydrogen) atoms. The maximum absolute atomic E-state index is 12.4. The van der Waals surface area contributed by atoms with Crippen molar-refractivity contribution >= 4 is 29.0 Å². The number of nitrogens with one attached hydrogen (secondary N) is 1. The molecule has 0 spiro atoms. The van der Waals surface area contributed by atoms with Crippen molar-refractivity contribution in [2.45, 2.75) is 51.7 Å².